The van der Waals surface area contributed by atoms with Crippen molar-refractivity contribution in [3.8, 4) is 0 Å². The zero-order valence-electron chi connectivity index (χ0n) is 10.2. The lowest BCUT2D eigenvalue weighted by molar-refractivity contribution is 0.102. The van der Waals surface area contributed by atoms with Gasteiger partial charge < -0.3 is 0 Å². The van der Waals surface area contributed by atoms with Gasteiger partial charge in [0.2, 0.25) is 11.6 Å². The second-order valence-corrected chi connectivity index (χ2v) is 4.23. The first kappa shape index (κ1) is 11.5. The number of ketones is 1. The van der Waals surface area contributed by atoms with E-state index in [0.717, 1.165) is 16.7 Å². The number of carbonyl (C=O) groups is 1. The molecule has 3 nitrogen and oxygen atoms in total. The number of nitrogens with zero attached hydrogens (tertiary/aromatic N) is 2. The monoisotopic (exact) mass is 226 g/mol. The fourth-order valence-corrected chi connectivity index (χ4v) is 1.70. The van der Waals surface area contributed by atoms with Crippen molar-refractivity contribution in [1.29, 1.82) is 0 Å². The molecular weight excluding hydrogens is 212 g/mol. The molecule has 86 valence electrons. The van der Waals surface area contributed by atoms with Crippen molar-refractivity contribution in [2.45, 2.75) is 20.8 Å². The van der Waals surface area contributed by atoms with Crippen LogP contribution in [0.3, 0.4) is 0 Å². The molecular formula is C14H14N2O. The van der Waals surface area contributed by atoms with E-state index in [2.05, 4.69) is 9.97 Å². The summed E-state index contributed by atoms with van der Waals surface area (Å²) in [5, 5.41) is 0. The quantitative estimate of drug-likeness (QED) is 0.739. The first-order valence-electron chi connectivity index (χ1n) is 5.48. The van der Waals surface area contributed by atoms with E-state index in [-0.39, 0.29) is 11.6 Å². The maximum atomic E-state index is 12.2. The third-order valence-corrected chi connectivity index (χ3v) is 2.61. The third kappa shape index (κ3) is 2.38. The van der Waals surface area contributed by atoms with Gasteiger partial charge in [0.05, 0.1) is 0 Å². The largest absolute Gasteiger partial charge is 0.285 e. The Morgan fingerprint density at radius 2 is 1.65 bits per heavy atom. The summed E-state index contributed by atoms with van der Waals surface area (Å²) < 4.78 is 0. The van der Waals surface area contributed by atoms with Gasteiger partial charge in [-0.15, -0.1) is 0 Å². The Labute approximate surface area is 101 Å². The van der Waals surface area contributed by atoms with Gasteiger partial charge >= 0.3 is 0 Å². The number of rotatable bonds is 2. The lowest BCUT2D eigenvalue weighted by atomic mass is 10.0. The van der Waals surface area contributed by atoms with Crippen LogP contribution in [0.5, 0.6) is 0 Å². The number of benzene rings is 1. The van der Waals surface area contributed by atoms with Crippen LogP contribution >= 0.6 is 0 Å². The Bertz CT molecular complexity index is 559. The molecule has 1 aromatic carbocycles. The molecule has 0 fully saturated rings. The van der Waals surface area contributed by atoms with E-state index in [0.29, 0.717) is 5.56 Å². The fraction of sp³-hybridized carbons (Fsp3) is 0.214. The molecule has 2 aromatic rings. The molecule has 0 aliphatic heterocycles. The molecule has 17 heavy (non-hydrogen) atoms. The Morgan fingerprint density at radius 3 is 2.24 bits per heavy atom. The highest BCUT2D eigenvalue weighted by atomic mass is 16.1. The van der Waals surface area contributed by atoms with Crippen molar-refractivity contribution >= 4 is 5.78 Å². The molecule has 0 spiro atoms. The Morgan fingerprint density at radius 1 is 1.00 bits per heavy atom. The smallest absolute Gasteiger partial charge is 0.230 e. The Hall–Kier alpha value is -2.03. The molecule has 0 N–H and O–H groups in total. The highest BCUT2D eigenvalue weighted by molar-refractivity contribution is 6.07. The zero-order chi connectivity index (χ0) is 12.4. The van der Waals surface area contributed by atoms with Gasteiger partial charge in [0, 0.05) is 18.0 Å². The van der Waals surface area contributed by atoms with Gasteiger partial charge in [0.25, 0.3) is 0 Å². The number of carbonyl (C=O) groups excluding carboxylic acids is 1. The molecule has 3 heteroatoms. The Kier molecular flexibility index (Phi) is 3.00. The van der Waals surface area contributed by atoms with Crippen LogP contribution in [0.4, 0.5) is 0 Å². The number of hydrogen-bond donors (Lipinski definition) is 0. The average Bonchev–Trinajstić information content (AvgIpc) is 2.29. The molecule has 0 aliphatic carbocycles. The highest BCUT2D eigenvalue weighted by Crippen LogP contribution is 2.13. The predicted octanol–water partition coefficient (Wildman–Crippen LogP) is 2.63. The minimum atomic E-state index is -0.123. The standard InChI is InChI=1S/C14H14N2O/c1-9-4-5-12(11(3)6-9)13(17)14-15-7-10(2)8-16-14/h4-8H,1-3H3. The molecule has 0 saturated carbocycles. The highest BCUT2D eigenvalue weighted by Gasteiger charge is 2.13. The fourth-order valence-electron chi connectivity index (χ4n) is 1.70. The number of aryl methyl sites for hydroxylation is 3. The van der Waals surface area contributed by atoms with Crippen molar-refractivity contribution < 1.29 is 4.79 Å². The van der Waals surface area contributed by atoms with E-state index in [1.165, 1.54) is 0 Å². The van der Waals surface area contributed by atoms with E-state index in [1.54, 1.807) is 12.4 Å². The summed E-state index contributed by atoms with van der Waals surface area (Å²) in [4.78, 5) is 20.3. The van der Waals surface area contributed by atoms with Gasteiger partial charge in [-0.3, -0.25) is 4.79 Å². The van der Waals surface area contributed by atoms with Crippen LogP contribution in [0, 0.1) is 20.8 Å². The molecule has 0 amide bonds. The van der Waals surface area contributed by atoms with E-state index < -0.39 is 0 Å². The van der Waals surface area contributed by atoms with Crippen LogP contribution in [0.2, 0.25) is 0 Å². The third-order valence-electron chi connectivity index (χ3n) is 2.61. The number of hydrogen-bond acceptors (Lipinski definition) is 3. The lowest BCUT2D eigenvalue weighted by Gasteiger charge is -2.05. The van der Waals surface area contributed by atoms with Crippen LogP contribution in [-0.2, 0) is 0 Å². The maximum absolute atomic E-state index is 12.2. The van der Waals surface area contributed by atoms with Crippen LogP contribution in [0.15, 0.2) is 30.6 Å². The van der Waals surface area contributed by atoms with Crippen LogP contribution in [0.25, 0.3) is 0 Å². The molecule has 0 aliphatic rings. The molecule has 2 rings (SSSR count). The maximum Gasteiger partial charge on any atom is 0.230 e. The molecule has 1 aromatic heterocycles. The summed E-state index contributed by atoms with van der Waals surface area (Å²) in [5.74, 6) is 0.130. The van der Waals surface area contributed by atoms with Crippen LogP contribution in [-0.4, -0.2) is 15.8 Å². The van der Waals surface area contributed by atoms with Crippen molar-refractivity contribution in [3.05, 3.63) is 58.7 Å². The summed E-state index contributed by atoms with van der Waals surface area (Å²) in [5.41, 5.74) is 3.71. The van der Waals surface area contributed by atoms with Crippen molar-refractivity contribution in [3.63, 3.8) is 0 Å². The van der Waals surface area contributed by atoms with E-state index in [1.807, 2.05) is 39.0 Å². The molecule has 0 radical (unpaired) electrons. The van der Waals surface area contributed by atoms with Crippen molar-refractivity contribution in [2.24, 2.45) is 0 Å². The van der Waals surface area contributed by atoms with Crippen LogP contribution < -0.4 is 0 Å². The Balaban J connectivity index is 2.40. The van der Waals surface area contributed by atoms with Gasteiger partial charge in [-0.05, 0) is 31.9 Å². The second-order valence-electron chi connectivity index (χ2n) is 4.23. The van der Waals surface area contributed by atoms with E-state index in [4.69, 9.17) is 0 Å². The minimum Gasteiger partial charge on any atom is -0.285 e. The van der Waals surface area contributed by atoms with Gasteiger partial charge in [-0.1, -0.05) is 23.8 Å². The average molecular weight is 226 g/mol. The van der Waals surface area contributed by atoms with E-state index in [9.17, 15) is 4.79 Å². The summed E-state index contributed by atoms with van der Waals surface area (Å²) in [7, 11) is 0. The van der Waals surface area contributed by atoms with Gasteiger partial charge in [0.1, 0.15) is 0 Å². The molecule has 0 saturated heterocycles. The molecule has 1 heterocycles. The van der Waals surface area contributed by atoms with Gasteiger partial charge in [-0.25, -0.2) is 9.97 Å². The van der Waals surface area contributed by atoms with Crippen molar-refractivity contribution in [2.75, 3.05) is 0 Å². The van der Waals surface area contributed by atoms with Crippen LogP contribution in [0.1, 0.15) is 32.9 Å². The molecule has 0 atom stereocenters. The lowest BCUT2D eigenvalue weighted by Crippen LogP contribution is -2.08. The summed E-state index contributed by atoms with van der Waals surface area (Å²) >= 11 is 0. The SMILES string of the molecule is Cc1cnc(C(=O)c2ccc(C)cc2C)nc1. The second kappa shape index (κ2) is 4.45. The van der Waals surface area contributed by atoms with Gasteiger partial charge in [-0.2, -0.15) is 0 Å². The van der Waals surface area contributed by atoms with Crippen molar-refractivity contribution in [1.82, 2.24) is 9.97 Å². The topological polar surface area (TPSA) is 42.9 Å². The van der Waals surface area contributed by atoms with Gasteiger partial charge in [0.15, 0.2) is 0 Å². The minimum absolute atomic E-state index is 0.123. The first-order chi connectivity index (χ1) is 8.08. The molecule has 0 bridgehead atoms. The zero-order valence-corrected chi connectivity index (χ0v) is 10.2. The number of aromatic nitrogens is 2. The normalized spacial score (nSPS) is 10.3. The predicted molar refractivity (Wildman–Crippen MR) is 66.1 cm³/mol. The first-order valence-corrected chi connectivity index (χ1v) is 5.48. The summed E-state index contributed by atoms with van der Waals surface area (Å²) in [6.07, 6.45) is 3.31. The summed E-state index contributed by atoms with van der Waals surface area (Å²) in [6, 6.07) is 5.74. The molecule has 0 unspecified atom stereocenters. The van der Waals surface area contributed by atoms with E-state index >= 15 is 0 Å². The summed E-state index contributed by atoms with van der Waals surface area (Å²) in [6.45, 7) is 5.82.